The van der Waals surface area contributed by atoms with Gasteiger partial charge in [-0.05, 0) is 56.2 Å². The van der Waals surface area contributed by atoms with Crippen LogP contribution in [0.5, 0.6) is 0 Å². The highest BCUT2D eigenvalue weighted by molar-refractivity contribution is 7.98. The quantitative estimate of drug-likeness (QED) is 0.495. The van der Waals surface area contributed by atoms with Crippen molar-refractivity contribution in [2.45, 2.75) is 43.7 Å². The molecule has 0 spiro atoms. The van der Waals surface area contributed by atoms with Gasteiger partial charge in [-0.2, -0.15) is 17.0 Å². The molecule has 8 nitrogen and oxygen atoms in total. The molecule has 3 rings (SSSR count). The third-order valence-corrected chi connectivity index (χ3v) is 6.04. The van der Waals surface area contributed by atoms with Gasteiger partial charge in [-0.25, -0.2) is 4.79 Å². The van der Waals surface area contributed by atoms with E-state index >= 15 is 0 Å². The number of nitrogens with zero attached hydrogens (tertiary/aromatic N) is 2. The molecule has 1 aliphatic carbocycles. The van der Waals surface area contributed by atoms with Gasteiger partial charge >= 0.3 is 5.97 Å². The normalized spacial score (nSPS) is 17.9. The molecule has 0 aromatic heterocycles. The van der Waals surface area contributed by atoms with Gasteiger partial charge in [-0.1, -0.05) is 12.1 Å². The summed E-state index contributed by atoms with van der Waals surface area (Å²) in [5.41, 5.74) is -0.414. The van der Waals surface area contributed by atoms with E-state index in [1.807, 2.05) is 6.26 Å². The molecule has 1 N–H and O–H groups in total. The van der Waals surface area contributed by atoms with Gasteiger partial charge in [0.05, 0.1) is 17.2 Å². The number of ether oxygens (including phenoxy) is 1. The van der Waals surface area contributed by atoms with Crippen LogP contribution in [0, 0.1) is 11.3 Å². The zero-order valence-corrected chi connectivity index (χ0v) is 17.5. The van der Waals surface area contributed by atoms with Gasteiger partial charge < -0.3 is 10.1 Å². The zero-order chi connectivity index (χ0) is 21.7. The van der Waals surface area contributed by atoms with Crippen LogP contribution in [0.3, 0.4) is 0 Å². The Morgan fingerprint density at radius 3 is 2.37 bits per heavy atom. The van der Waals surface area contributed by atoms with E-state index in [2.05, 4.69) is 11.4 Å². The van der Waals surface area contributed by atoms with Crippen molar-refractivity contribution in [2.75, 3.05) is 18.6 Å². The second-order valence-electron chi connectivity index (χ2n) is 7.38. The van der Waals surface area contributed by atoms with Crippen molar-refractivity contribution in [1.82, 2.24) is 10.2 Å². The summed E-state index contributed by atoms with van der Waals surface area (Å²) in [5.74, 6) is -1.95. The van der Waals surface area contributed by atoms with Crippen molar-refractivity contribution in [3.05, 3.63) is 35.4 Å². The number of nitrogens with one attached hydrogen (secondary N) is 1. The van der Waals surface area contributed by atoms with Gasteiger partial charge in [0.1, 0.15) is 11.6 Å². The minimum atomic E-state index is -1.12. The van der Waals surface area contributed by atoms with Crippen LogP contribution >= 0.6 is 11.8 Å². The third kappa shape index (κ3) is 4.33. The van der Waals surface area contributed by atoms with E-state index in [0.29, 0.717) is 18.6 Å². The van der Waals surface area contributed by atoms with Gasteiger partial charge in [-0.15, -0.1) is 0 Å². The molecule has 158 valence electrons. The summed E-state index contributed by atoms with van der Waals surface area (Å²) >= 11 is 1.47. The smallest absolute Gasteiger partial charge is 0.329 e. The maximum absolute atomic E-state index is 12.7. The van der Waals surface area contributed by atoms with Crippen molar-refractivity contribution in [1.29, 1.82) is 5.26 Å². The van der Waals surface area contributed by atoms with Crippen molar-refractivity contribution in [3.8, 4) is 6.07 Å². The molecular weight excluding hydrogens is 406 g/mol. The van der Waals surface area contributed by atoms with Crippen LogP contribution in [-0.2, 0) is 14.3 Å². The summed E-state index contributed by atoms with van der Waals surface area (Å²) in [7, 11) is 0. The Balaban J connectivity index is 1.68. The Morgan fingerprint density at radius 1 is 1.23 bits per heavy atom. The molecule has 2 aliphatic rings. The predicted molar refractivity (Wildman–Crippen MR) is 110 cm³/mol. The summed E-state index contributed by atoms with van der Waals surface area (Å²) in [5, 5.41) is 12.0. The molecule has 1 aromatic carbocycles. The lowest BCUT2D eigenvalue weighted by Crippen LogP contribution is -2.49. The topological polar surface area (TPSA) is 117 Å². The number of thioether (sulfide) groups is 1. The Hall–Kier alpha value is -2.86. The van der Waals surface area contributed by atoms with Crippen molar-refractivity contribution < 1.29 is 23.9 Å². The fourth-order valence-electron chi connectivity index (χ4n) is 3.85. The molecule has 1 atom stereocenters. The minimum absolute atomic E-state index is 0.217. The van der Waals surface area contributed by atoms with Crippen LogP contribution < -0.4 is 5.32 Å². The third-order valence-electron chi connectivity index (χ3n) is 5.40. The van der Waals surface area contributed by atoms with Gasteiger partial charge in [0, 0.05) is 0 Å². The lowest BCUT2D eigenvalue weighted by molar-refractivity contribution is -0.152. The Labute approximate surface area is 178 Å². The minimum Gasteiger partial charge on any atom is -0.454 e. The molecular formula is C21H23N3O5S. The molecule has 1 aromatic rings. The number of nitriles is 1. The summed E-state index contributed by atoms with van der Waals surface area (Å²) in [6.07, 6.45) is 4.90. The van der Waals surface area contributed by atoms with Gasteiger partial charge in [0.15, 0.2) is 6.61 Å². The number of esters is 1. The molecule has 1 heterocycles. The monoisotopic (exact) mass is 429 g/mol. The first-order valence-corrected chi connectivity index (χ1v) is 11.2. The summed E-state index contributed by atoms with van der Waals surface area (Å²) in [6.45, 7) is -0.568. The number of amides is 3. The van der Waals surface area contributed by atoms with Gasteiger partial charge in [0.25, 0.3) is 17.7 Å². The van der Waals surface area contributed by atoms with E-state index in [0.717, 1.165) is 17.7 Å². The average Bonchev–Trinajstić information content (AvgIpc) is 3.31. The zero-order valence-electron chi connectivity index (χ0n) is 16.7. The molecule has 1 saturated carbocycles. The van der Waals surface area contributed by atoms with Crippen LogP contribution in [0.15, 0.2) is 24.3 Å². The maximum atomic E-state index is 12.7. The molecule has 0 saturated heterocycles. The number of fused-ring (bicyclic) bond motifs is 1. The van der Waals surface area contributed by atoms with E-state index in [9.17, 15) is 24.4 Å². The predicted octanol–water partition coefficient (Wildman–Crippen LogP) is 1.90. The summed E-state index contributed by atoms with van der Waals surface area (Å²) in [6, 6.07) is 7.42. The number of hydrogen-bond acceptors (Lipinski definition) is 7. The number of carbonyl (C=O) groups is 4. The lowest BCUT2D eigenvalue weighted by Gasteiger charge is -2.25. The Kier molecular flexibility index (Phi) is 6.77. The van der Waals surface area contributed by atoms with Gasteiger partial charge in [0.2, 0.25) is 0 Å². The summed E-state index contributed by atoms with van der Waals surface area (Å²) < 4.78 is 5.15. The van der Waals surface area contributed by atoms with E-state index in [1.54, 1.807) is 24.3 Å². The van der Waals surface area contributed by atoms with E-state index in [4.69, 9.17) is 4.74 Å². The molecule has 0 bridgehead atoms. The second-order valence-corrected chi connectivity index (χ2v) is 8.37. The van der Waals surface area contributed by atoms with Crippen LogP contribution in [0.2, 0.25) is 0 Å². The fraction of sp³-hybridized carbons (Fsp3) is 0.476. The first-order chi connectivity index (χ1) is 14.4. The number of carbonyl (C=O) groups excluding carboxylic acids is 4. The maximum Gasteiger partial charge on any atom is 0.329 e. The number of rotatable bonds is 8. The summed E-state index contributed by atoms with van der Waals surface area (Å²) in [4.78, 5) is 51.4. The van der Waals surface area contributed by atoms with Crippen LogP contribution in [0.4, 0.5) is 0 Å². The molecule has 0 unspecified atom stereocenters. The van der Waals surface area contributed by atoms with E-state index < -0.39 is 41.9 Å². The lowest BCUT2D eigenvalue weighted by atomic mass is 10.00. The standard InChI is InChI=1S/C21H23N3O5S/c1-30-11-8-16(24-18(26)14-6-2-3-7-15(14)19(24)27)20(28)29-12-17(25)23-21(13-22)9-4-5-10-21/h2-3,6-7,16H,4-5,8-12H2,1H3,(H,23,25)/t16-/m0/s1. The van der Waals surface area contributed by atoms with Crippen molar-refractivity contribution >= 4 is 35.5 Å². The highest BCUT2D eigenvalue weighted by Crippen LogP contribution is 2.29. The highest BCUT2D eigenvalue weighted by atomic mass is 32.2. The fourth-order valence-corrected chi connectivity index (χ4v) is 4.31. The molecule has 1 fully saturated rings. The first-order valence-electron chi connectivity index (χ1n) is 9.77. The average molecular weight is 429 g/mol. The molecule has 9 heteroatoms. The van der Waals surface area contributed by atoms with Crippen molar-refractivity contribution in [3.63, 3.8) is 0 Å². The van der Waals surface area contributed by atoms with Crippen LogP contribution in [0.1, 0.15) is 52.8 Å². The number of hydrogen-bond donors (Lipinski definition) is 1. The SMILES string of the molecule is CSCC[C@@H](C(=O)OCC(=O)NC1(C#N)CCCC1)N1C(=O)c2ccccc2C1=O. The molecule has 30 heavy (non-hydrogen) atoms. The highest BCUT2D eigenvalue weighted by Gasteiger charge is 2.43. The molecule has 1 aliphatic heterocycles. The van der Waals surface area contributed by atoms with E-state index in [1.165, 1.54) is 11.8 Å². The largest absolute Gasteiger partial charge is 0.454 e. The van der Waals surface area contributed by atoms with Gasteiger partial charge in [-0.3, -0.25) is 19.3 Å². The Morgan fingerprint density at radius 2 is 1.83 bits per heavy atom. The molecule has 3 amide bonds. The molecule has 0 radical (unpaired) electrons. The van der Waals surface area contributed by atoms with Crippen LogP contribution in [0.25, 0.3) is 0 Å². The van der Waals surface area contributed by atoms with E-state index in [-0.39, 0.29) is 17.5 Å². The van der Waals surface area contributed by atoms with Crippen LogP contribution in [-0.4, -0.2) is 58.8 Å². The first kappa shape index (κ1) is 21.8. The number of imide groups is 1. The number of benzene rings is 1. The Bertz CT molecular complexity index is 869. The second kappa shape index (κ2) is 9.30. The van der Waals surface area contributed by atoms with Crippen molar-refractivity contribution in [2.24, 2.45) is 0 Å².